The minimum Gasteiger partial charge on any atom is -0.468 e. The van der Waals surface area contributed by atoms with Gasteiger partial charge in [-0.25, -0.2) is 4.79 Å². The number of ether oxygens (including phenoxy) is 8. The summed E-state index contributed by atoms with van der Waals surface area (Å²) in [4.78, 5) is 47.8. The fourth-order valence-electron chi connectivity index (χ4n) is 6.79. The van der Waals surface area contributed by atoms with Gasteiger partial charge < -0.3 is 53.6 Å². The first kappa shape index (κ1) is 49.8. The average molecular weight is 915 g/mol. The second kappa shape index (κ2) is 26.6. The topological polar surface area (TPSA) is 364 Å². The van der Waals surface area contributed by atoms with Gasteiger partial charge >= 0.3 is 12.1 Å². The van der Waals surface area contributed by atoms with Crippen LogP contribution in [0.3, 0.4) is 0 Å². The Labute approximate surface area is 375 Å². The molecule has 0 bridgehead atoms. The van der Waals surface area contributed by atoms with Crippen molar-refractivity contribution in [1.29, 1.82) is 0 Å². The van der Waals surface area contributed by atoms with E-state index in [0.717, 1.165) is 5.56 Å². The predicted molar refractivity (Wildman–Crippen MR) is 227 cm³/mol. The van der Waals surface area contributed by atoms with E-state index in [1.807, 2.05) is 6.07 Å². The van der Waals surface area contributed by atoms with Crippen LogP contribution in [0.1, 0.15) is 27.0 Å². The molecular weight excluding hydrogens is 869 g/mol. The Hall–Kier alpha value is -7.17. The van der Waals surface area contributed by atoms with Gasteiger partial charge in [-0.15, -0.1) is 0 Å². The average Bonchev–Trinajstić information content (AvgIpc) is 3.34. The number of amides is 2. The number of carbonyl (C=O) groups is 3. The van der Waals surface area contributed by atoms with Crippen LogP contribution in [0, 0.1) is 0 Å². The number of nitrogens with one attached hydrogen (secondary N) is 2. The molecule has 348 valence electrons. The molecule has 26 nitrogen and oxygen atoms in total. The van der Waals surface area contributed by atoms with Crippen LogP contribution in [-0.4, -0.2) is 124 Å². The van der Waals surface area contributed by atoms with E-state index in [1.54, 1.807) is 66.7 Å². The van der Waals surface area contributed by atoms with Crippen molar-refractivity contribution in [3.05, 3.63) is 149 Å². The molecule has 66 heavy (non-hydrogen) atoms. The maximum Gasteiger partial charge on any atom is 0.407 e. The van der Waals surface area contributed by atoms with Gasteiger partial charge in [-0.05, 0) is 50.9 Å². The van der Waals surface area contributed by atoms with Gasteiger partial charge in [-0.3, -0.25) is 9.59 Å². The molecule has 2 fully saturated rings. The van der Waals surface area contributed by atoms with Crippen LogP contribution >= 0.6 is 0 Å². The monoisotopic (exact) mass is 914 g/mol. The van der Waals surface area contributed by atoms with E-state index in [2.05, 4.69) is 55.5 Å². The normalized spacial score (nSPS) is 24.4. The van der Waals surface area contributed by atoms with Gasteiger partial charge in [0.1, 0.15) is 43.5 Å². The van der Waals surface area contributed by atoms with Gasteiger partial charge in [0, 0.05) is 31.8 Å². The number of methoxy groups -OCH3 is 1. The van der Waals surface area contributed by atoms with Crippen LogP contribution in [0.15, 0.2) is 105 Å². The first-order valence-electron chi connectivity index (χ1n) is 20.2. The van der Waals surface area contributed by atoms with Crippen LogP contribution in [0.4, 0.5) is 4.79 Å². The van der Waals surface area contributed by atoms with Crippen LogP contribution in [-0.2, 0) is 62.5 Å². The largest absolute Gasteiger partial charge is 0.468 e. The first-order chi connectivity index (χ1) is 32.2. The molecule has 0 radical (unpaired) electrons. The summed E-state index contributed by atoms with van der Waals surface area (Å²) < 4.78 is 47.2. The molecular formula is C40H46N14O12. The molecule has 3 aromatic carbocycles. The van der Waals surface area contributed by atoms with E-state index >= 15 is 0 Å². The van der Waals surface area contributed by atoms with Gasteiger partial charge in [-0.1, -0.05) is 93.3 Å². The highest BCUT2D eigenvalue weighted by Gasteiger charge is 2.52. The fourth-order valence-corrected chi connectivity index (χ4v) is 6.79. The molecule has 2 amide bonds. The van der Waals surface area contributed by atoms with Gasteiger partial charge in [0.05, 0.1) is 58.3 Å². The molecule has 2 heterocycles. The Morgan fingerprint density at radius 3 is 1.82 bits per heavy atom. The zero-order valence-corrected chi connectivity index (χ0v) is 35.3. The number of azide groups is 4. The van der Waals surface area contributed by atoms with E-state index in [1.165, 1.54) is 19.2 Å². The van der Waals surface area contributed by atoms with Crippen molar-refractivity contribution in [2.75, 3.05) is 39.9 Å². The fraction of sp³-hybridized carbons (Fsp3) is 0.475. The van der Waals surface area contributed by atoms with E-state index in [9.17, 15) is 36.1 Å². The zero-order valence-electron chi connectivity index (χ0n) is 35.3. The number of alkyl carbamates (subject to hydrolysis) is 1. The van der Waals surface area contributed by atoms with E-state index in [4.69, 9.17) is 38.7 Å². The van der Waals surface area contributed by atoms with Gasteiger partial charge in [0.25, 0.3) is 5.91 Å². The quantitative estimate of drug-likeness (QED) is 0.0364. The van der Waals surface area contributed by atoms with Crippen molar-refractivity contribution in [2.45, 2.75) is 81.1 Å². The van der Waals surface area contributed by atoms with Crippen molar-refractivity contribution in [2.24, 2.45) is 20.5 Å². The van der Waals surface area contributed by atoms with E-state index < -0.39 is 85.8 Å². The lowest BCUT2D eigenvalue weighted by Gasteiger charge is -2.48. The number of nitrogens with zero attached hydrogens (tertiary/aromatic N) is 12. The molecule has 2 aliphatic heterocycles. The number of rotatable bonds is 23. The molecule has 10 atom stereocenters. The lowest BCUT2D eigenvalue weighted by molar-refractivity contribution is -0.328. The smallest absolute Gasteiger partial charge is 0.407 e. The summed E-state index contributed by atoms with van der Waals surface area (Å²) in [6.07, 6.45) is -11.6. The summed E-state index contributed by atoms with van der Waals surface area (Å²) in [6, 6.07) is 21.3. The Morgan fingerprint density at radius 2 is 1.23 bits per heavy atom. The number of hydrogen-bond donors (Lipinski definition) is 3. The Balaban J connectivity index is 1.32. The summed E-state index contributed by atoms with van der Waals surface area (Å²) in [5.74, 6) is -1.10. The molecule has 0 spiro atoms. The summed E-state index contributed by atoms with van der Waals surface area (Å²) in [6.45, 7) is -1.66. The third-order valence-electron chi connectivity index (χ3n) is 10.00. The standard InChI is InChI=1S/C40H46N14O12/c1-59-30(55)20-46-37(57)27-14-12-26(13-15-27)23-63-40(58)45-16-17-60-38-32(50-54-44)36(62-22-25-10-6-3-7-11-25)34(29(65-38)19-48-52-42)66-39-31(49-53-43)35(33(56)28(64-39)18-47-51-41)61-21-24-8-4-2-5-9-24/h2-15,28-29,31-36,38-39,56H,16-23H2,1H3,(H,45,58)(H,46,57)/t28-,29-,31-,32-,33-,34-,35-,36-,38+,39-/m1/s1. The number of carbonyl (C=O) groups excluding carboxylic acids is 3. The first-order valence-corrected chi connectivity index (χ1v) is 20.2. The second-order valence-corrected chi connectivity index (χ2v) is 14.2. The van der Waals surface area contributed by atoms with Gasteiger partial charge in [0.15, 0.2) is 12.6 Å². The second-order valence-electron chi connectivity index (χ2n) is 14.2. The molecule has 0 unspecified atom stereocenters. The Bertz CT molecular complexity index is 2240. The third kappa shape index (κ3) is 14.7. The number of esters is 1. The van der Waals surface area contributed by atoms with Crippen molar-refractivity contribution >= 4 is 18.0 Å². The highest BCUT2D eigenvalue weighted by atomic mass is 16.7. The zero-order chi connectivity index (χ0) is 47.1. The summed E-state index contributed by atoms with van der Waals surface area (Å²) in [5.41, 5.74) is 40.3. The third-order valence-corrected chi connectivity index (χ3v) is 10.00. The Kier molecular flexibility index (Phi) is 20.1. The van der Waals surface area contributed by atoms with Crippen molar-refractivity contribution in [3.63, 3.8) is 0 Å². The molecule has 0 aromatic heterocycles. The number of hydrogen-bond acceptors (Lipinski definition) is 16. The number of aliphatic hydroxyl groups excluding tert-OH is 1. The lowest BCUT2D eigenvalue weighted by Crippen LogP contribution is -2.64. The molecule has 0 saturated carbocycles. The molecule has 3 aromatic rings. The predicted octanol–water partition coefficient (Wildman–Crippen LogP) is 5.18. The van der Waals surface area contributed by atoms with Crippen LogP contribution in [0.5, 0.6) is 0 Å². The molecule has 0 aliphatic carbocycles. The van der Waals surface area contributed by atoms with Crippen molar-refractivity contribution in [3.8, 4) is 0 Å². The maximum atomic E-state index is 12.6. The Morgan fingerprint density at radius 1 is 0.667 bits per heavy atom. The molecule has 2 saturated heterocycles. The molecule has 5 rings (SSSR count). The van der Waals surface area contributed by atoms with Gasteiger partial charge in [0.2, 0.25) is 0 Å². The maximum absolute atomic E-state index is 12.6. The number of aliphatic hydroxyl groups is 1. The summed E-state index contributed by atoms with van der Waals surface area (Å²) >= 11 is 0. The summed E-state index contributed by atoms with van der Waals surface area (Å²) in [7, 11) is 1.20. The highest BCUT2D eigenvalue weighted by Crippen LogP contribution is 2.35. The summed E-state index contributed by atoms with van der Waals surface area (Å²) in [5, 5.41) is 31.5. The number of benzene rings is 3. The molecule has 3 N–H and O–H groups in total. The lowest BCUT2D eigenvalue weighted by atomic mass is 9.94. The van der Waals surface area contributed by atoms with Gasteiger partial charge in [-0.2, -0.15) is 0 Å². The van der Waals surface area contributed by atoms with E-state index in [-0.39, 0.29) is 51.6 Å². The SMILES string of the molecule is COC(=O)CNC(=O)c1ccc(COC(=O)NCCO[C@H]2O[C@H](CN=[N+]=[N-])[C@@H](O[C@H]3O[C@H](CN=[N+]=[N-])[C@@H](O)[C@H](OCc4ccccc4)[C@H]3N=[N+]=[N-])[C@H](OCc3ccccc3)[C@H]2N=[N+]=[N-])cc1. The molecule has 2 aliphatic rings. The van der Waals surface area contributed by atoms with Crippen molar-refractivity contribution in [1.82, 2.24) is 10.6 Å². The van der Waals surface area contributed by atoms with Crippen LogP contribution in [0.2, 0.25) is 0 Å². The van der Waals surface area contributed by atoms with Crippen molar-refractivity contribution < 1.29 is 57.4 Å². The highest BCUT2D eigenvalue weighted by molar-refractivity contribution is 5.95. The molecule has 26 heteroatoms. The minimum atomic E-state index is -1.55. The van der Waals surface area contributed by atoms with E-state index in [0.29, 0.717) is 11.1 Å². The van der Waals surface area contributed by atoms with Crippen LogP contribution < -0.4 is 10.6 Å². The minimum absolute atomic E-state index is 0.0305. The van der Waals surface area contributed by atoms with Crippen LogP contribution in [0.25, 0.3) is 41.8 Å².